The van der Waals surface area contributed by atoms with Crippen LogP contribution in [0.1, 0.15) is 43.2 Å². The van der Waals surface area contributed by atoms with Gasteiger partial charge in [0.05, 0.1) is 0 Å². The molecule has 146 valence electrons. The van der Waals surface area contributed by atoms with E-state index < -0.39 is 0 Å². The molecule has 4 bridgehead atoms. The van der Waals surface area contributed by atoms with Crippen molar-refractivity contribution in [3.05, 3.63) is 71.8 Å². The van der Waals surface area contributed by atoms with E-state index in [0.29, 0.717) is 5.92 Å². The van der Waals surface area contributed by atoms with Crippen LogP contribution in [0.25, 0.3) is 11.1 Å². The molecule has 2 nitrogen and oxygen atoms in total. The van der Waals surface area contributed by atoms with E-state index in [1.54, 1.807) is 0 Å². The Morgan fingerprint density at radius 2 is 1.52 bits per heavy atom. The van der Waals surface area contributed by atoms with Gasteiger partial charge in [-0.15, -0.1) is 0 Å². The lowest BCUT2D eigenvalue weighted by atomic mass is 9.68. The van der Waals surface area contributed by atoms with E-state index in [2.05, 4.69) is 55.5 Å². The second-order valence-corrected chi connectivity index (χ2v) is 10.3. The lowest BCUT2D eigenvalue weighted by Gasteiger charge is -2.43. The molecule has 3 saturated carbocycles. The fourth-order valence-corrected chi connectivity index (χ4v) is 8.13. The maximum atomic E-state index is 13.6. The zero-order chi connectivity index (χ0) is 19.3. The molecule has 29 heavy (non-hydrogen) atoms. The van der Waals surface area contributed by atoms with Crippen LogP contribution < -0.4 is 0 Å². The van der Waals surface area contributed by atoms with Crippen LogP contribution in [-0.2, 0) is 9.53 Å². The van der Waals surface area contributed by atoms with Gasteiger partial charge < -0.3 is 4.74 Å². The van der Waals surface area contributed by atoms with Gasteiger partial charge in [0.1, 0.15) is 11.5 Å². The number of hydrogen-bond donors (Lipinski definition) is 0. The van der Waals surface area contributed by atoms with Gasteiger partial charge in [0, 0.05) is 5.92 Å². The van der Waals surface area contributed by atoms with Crippen molar-refractivity contribution in [2.45, 2.75) is 37.7 Å². The highest BCUT2D eigenvalue weighted by Crippen LogP contribution is 2.68. The predicted molar refractivity (Wildman–Crippen MR) is 112 cm³/mol. The summed E-state index contributed by atoms with van der Waals surface area (Å²) in [6.07, 6.45) is 8.58. The topological polar surface area (TPSA) is 26.3 Å². The van der Waals surface area contributed by atoms with Crippen LogP contribution in [0.15, 0.2) is 60.7 Å². The second-order valence-electron chi connectivity index (χ2n) is 10.3. The summed E-state index contributed by atoms with van der Waals surface area (Å²) in [5, 5.41) is 0. The lowest BCUT2D eigenvalue weighted by Crippen LogP contribution is -2.45. The van der Waals surface area contributed by atoms with Crippen LogP contribution in [0.3, 0.4) is 0 Å². The van der Waals surface area contributed by atoms with Crippen LogP contribution in [0.5, 0.6) is 0 Å². The molecule has 2 aromatic carbocycles. The third-order valence-corrected chi connectivity index (χ3v) is 9.00. The summed E-state index contributed by atoms with van der Waals surface area (Å²) in [5.41, 5.74) is 4.27. The van der Waals surface area contributed by atoms with Gasteiger partial charge in [-0.25, -0.2) is 0 Å². The molecule has 0 N–H and O–H groups in total. The fraction of sp³-hybridized carbons (Fsp3) is 0.444. The first kappa shape index (κ1) is 16.4. The molecule has 0 spiro atoms. The minimum atomic E-state index is -0.298. The van der Waals surface area contributed by atoms with E-state index >= 15 is 0 Å². The molecular weight excluding hydrogens is 356 g/mol. The SMILES string of the molecule is CC1(OC(=O)C2c3ccccc3-c3ccccc32)CC2CC1C1C3C=CC(C3)C21. The Balaban J connectivity index is 1.22. The molecule has 7 unspecified atom stereocenters. The summed E-state index contributed by atoms with van der Waals surface area (Å²) < 4.78 is 6.48. The van der Waals surface area contributed by atoms with E-state index in [4.69, 9.17) is 4.74 Å². The molecule has 0 aromatic heterocycles. The maximum absolute atomic E-state index is 13.6. The van der Waals surface area contributed by atoms with Crippen LogP contribution in [0, 0.1) is 35.5 Å². The predicted octanol–water partition coefficient (Wildman–Crippen LogP) is 5.58. The summed E-state index contributed by atoms with van der Waals surface area (Å²) in [4.78, 5) is 13.6. The van der Waals surface area contributed by atoms with Crippen LogP contribution in [-0.4, -0.2) is 11.6 Å². The van der Waals surface area contributed by atoms with Crippen molar-refractivity contribution >= 4 is 5.97 Å². The monoisotopic (exact) mass is 382 g/mol. The van der Waals surface area contributed by atoms with Crippen molar-refractivity contribution < 1.29 is 9.53 Å². The van der Waals surface area contributed by atoms with E-state index in [0.717, 1.165) is 47.1 Å². The molecule has 0 saturated heterocycles. The van der Waals surface area contributed by atoms with Crippen molar-refractivity contribution in [3.8, 4) is 11.1 Å². The van der Waals surface area contributed by atoms with Crippen molar-refractivity contribution in [1.29, 1.82) is 0 Å². The molecule has 7 atom stereocenters. The number of fused-ring (bicyclic) bond motifs is 12. The number of hydrogen-bond acceptors (Lipinski definition) is 2. The van der Waals surface area contributed by atoms with E-state index in [1.165, 1.54) is 24.0 Å². The first-order valence-corrected chi connectivity index (χ1v) is 11.2. The number of esters is 1. The smallest absolute Gasteiger partial charge is 0.318 e. The average Bonchev–Trinajstić information content (AvgIpc) is 3.51. The minimum Gasteiger partial charge on any atom is -0.458 e. The van der Waals surface area contributed by atoms with Crippen molar-refractivity contribution in [2.75, 3.05) is 0 Å². The summed E-state index contributed by atoms with van der Waals surface area (Å²) in [6, 6.07) is 16.7. The van der Waals surface area contributed by atoms with E-state index in [-0.39, 0.29) is 17.5 Å². The zero-order valence-corrected chi connectivity index (χ0v) is 16.8. The third-order valence-electron chi connectivity index (χ3n) is 9.00. The number of ether oxygens (including phenoxy) is 1. The molecule has 7 rings (SSSR count). The zero-order valence-electron chi connectivity index (χ0n) is 16.8. The van der Waals surface area contributed by atoms with Crippen molar-refractivity contribution in [3.63, 3.8) is 0 Å². The lowest BCUT2D eigenvalue weighted by molar-refractivity contribution is -0.168. The van der Waals surface area contributed by atoms with Gasteiger partial charge in [-0.1, -0.05) is 60.7 Å². The first-order chi connectivity index (χ1) is 14.1. The largest absolute Gasteiger partial charge is 0.458 e. The molecule has 0 aliphatic heterocycles. The molecule has 5 aliphatic carbocycles. The second kappa shape index (κ2) is 5.41. The fourth-order valence-electron chi connectivity index (χ4n) is 8.13. The number of rotatable bonds is 2. The molecule has 0 heterocycles. The number of carbonyl (C=O) groups is 1. The van der Waals surface area contributed by atoms with Gasteiger partial charge in [-0.05, 0) is 78.0 Å². The summed E-state index contributed by atoms with van der Waals surface area (Å²) in [7, 11) is 0. The Morgan fingerprint density at radius 1 is 0.897 bits per heavy atom. The number of allylic oxidation sites excluding steroid dienone is 2. The molecule has 3 fully saturated rings. The standard InChI is InChI=1S/C27H26O2/c1-27(14-17-13-22(27)24-16-11-10-15(12-16)23(17)24)29-26(28)25-20-8-4-2-6-18(20)19-7-3-5-9-21(19)25/h2-11,15-17,22-25H,12-14H2,1H3. The molecule has 2 heteroatoms. The van der Waals surface area contributed by atoms with Crippen LogP contribution >= 0.6 is 0 Å². The molecule has 0 radical (unpaired) electrons. The molecule has 0 amide bonds. The van der Waals surface area contributed by atoms with E-state index in [9.17, 15) is 4.79 Å². The Hall–Kier alpha value is -2.35. The summed E-state index contributed by atoms with van der Waals surface area (Å²) in [6.45, 7) is 2.23. The number of benzene rings is 2. The van der Waals surface area contributed by atoms with Gasteiger partial charge in [0.15, 0.2) is 0 Å². The minimum absolute atomic E-state index is 0.0484. The van der Waals surface area contributed by atoms with Crippen LogP contribution in [0.2, 0.25) is 0 Å². The van der Waals surface area contributed by atoms with Gasteiger partial charge in [-0.3, -0.25) is 4.79 Å². The van der Waals surface area contributed by atoms with Crippen molar-refractivity contribution in [2.24, 2.45) is 35.5 Å². The Bertz CT molecular complexity index is 1020. The normalized spacial score (nSPS) is 40.2. The van der Waals surface area contributed by atoms with Crippen molar-refractivity contribution in [1.82, 2.24) is 0 Å². The summed E-state index contributed by atoms with van der Waals surface area (Å²) >= 11 is 0. The quantitative estimate of drug-likeness (QED) is 0.385. The Kier molecular flexibility index (Phi) is 3.07. The van der Waals surface area contributed by atoms with Crippen LogP contribution in [0.4, 0.5) is 0 Å². The molecule has 2 aromatic rings. The summed E-state index contributed by atoms with van der Waals surface area (Å²) in [5.74, 6) is 4.07. The highest BCUT2D eigenvalue weighted by atomic mass is 16.6. The maximum Gasteiger partial charge on any atom is 0.318 e. The van der Waals surface area contributed by atoms with Gasteiger partial charge in [0.2, 0.25) is 0 Å². The first-order valence-electron chi connectivity index (χ1n) is 11.2. The molecular formula is C27H26O2. The average molecular weight is 383 g/mol. The van der Waals surface area contributed by atoms with Gasteiger partial charge >= 0.3 is 5.97 Å². The highest BCUT2D eigenvalue weighted by Gasteiger charge is 2.66. The number of carbonyl (C=O) groups excluding carboxylic acids is 1. The molecule has 5 aliphatic rings. The third kappa shape index (κ3) is 2.00. The van der Waals surface area contributed by atoms with Gasteiger partial charge in [-0.2, -0.15) is 0 Å². The highest BCUT2D eigenvalue weighted by molar-refractivity contribution is 5.93. The van der Waals surface area contributed by atoms with Gasteiger partial charge in [0.25, 0.3) is 0 Å². The van der Waals surface area contributed by atoms with E-state index in [1.807, 2.05) is 12.1 Å². The Labute approximate surface area is 172 Å². The Morgan fingerprint density at radius 3 is 2.21 bits per heavy atom.